The zero-order chi connectivity index (χ0) is 14.5. The van der Waals surface area contributed by atoms with Gasteiger partial charge in [-0.25, -0.2) is 4.79 Å². The van der Waals surface area contributed by atoms with E-state index in [0.717, 1.165) is 0 Å². The molecule has 0 amide bonds. The molecule has 1 N–H and O–H groups in total. The van der Waals surface area contributed by atoms with Gasteiger partial charge in [0.05, 0.1) is 19.3 Å². The average molecular weight is 264 g/mol. The first kappa shape index (κ1) is 15.2. The lowest BCUT2D eigenvalue weighted by molar-refractivity contribution is -0.139. The molecular formula is C15H20O4. The number of benzene rings is 1. The number of carbonyl (C=O) groups excluding carboxylic acids is 1. The van der Waals surface area contributed by atoms with Gasteiger partial charge in [0.2, 0.25) is 0 Å². The molecule has 1 atom stereocenters. The maximum Gasteiger partial charge on any atom is 0.333 e. The van der Waals surface area contributed by atoms with E-state index in [-0.39, 0.29) is 12.0 Å². The molecule has 0 bridgehead atoms. The Hall–Kier alpha value is -1.81. The molecule has 1 aromatic rings. The van der Waals surface area contributed by atoms with Crippen molar-refractivity contribution in [3.05, 3.63) is 42.0 Å². The SMILES string of the molecule is C=C(CC(C)(O)c1ccc(OC)cc1)C(=O)OCC. The fourth-order valence-electron chi connectivity index (χ4n) is 1.77. The highest BCUT2D eigenvalue weighted by Crippen LogP contribution is 2.29. The monoisotopic (exact) mass is 264 g/mol. The first-order valence-corrected chi connectivity index (χ1v) is 6.12. The third-order valence-corrected chi connectivity index (χ3v) is 2.83. The topological polar surface area (TPSA) is 55.8 Å². The maximum absolute atomic E-state index is 11.5. The normalized spacial score (nSPS) is 13.5. The molecule has 0 aliphatic rings. The highest BCUT2D eigenvalue weighted by atomic mass is 16.5. The van der Waals surface area contributed by atoms with Crippen molar-refractivity contribution in [2.45, 2.75) is 25.9 Å². The van der Waals surface area contributed by atoms with Crippen molar-refractivity contribution in [2.24, 2.45) is 0 Å². The summed E-state index contributed by atoms with van der Waals surface area (Å²) in [5.74, 6) is 0.236. The molecule has 0 spiro atoms. The molecule has 1 rings (SSSR count). The van der Waals surface area contributed by atoms with Gasteiger partial charge in [-0.3, -0.25) is 0 Å². The Bertz CT molecular complexity index is 446. The maximum atomic E-state index is 11.5. The van der Waals surface area contributed by atoms with Crippen LogP contribution in [0.1, 0.15) is 25.8 Å². The summed E-state index contributed by atoms with van der Waals surface area (Å²) in [5, 5.41) is 10.4. The van der Waals surface area contributed by atoms with Crippen LogP contribution in [0.2, 0.25) is 0 Å². The minimum Gasteiger partial charge on any atom is -0.497 e. The van der Waals surface area contributed by atoms with Gasteiger partial charge in [0.1, 0.15) is 5.75 Å². The first-order valence-electron chi connectivity index (χ1n) is 6.12. The summed E-state index contributed by atoms with van der Waals surface area (Å²) in [5.41, 5.74) is -0.225. The van der Waals surface area contributed by atoms with Gasteiger partial charge in [-0.05, 0) is 31.5 Å². The van der Waals surface area contributed by atoms with Gasteiger partial charge in [-0.15, -0.1) is 0 Å². The smallest absolute Gasteiger partial charge is 0.333 e. The highest BCUT2D eigenvalue weighted by molar-refractivity contribution is 5.87. The van der Waals surface area contributed by atoms with Gasteiger partial charge in [-0.2, -0.15) is 0 Å². The van der Waals surface area contributed by atoms with E-state index in [1.54, 1.807) is 45.2 Å². The Morgan fingerprint density at radius 3 is 2.42 bits per heavy atom. The van der Waals surface area contributed by atoms with Crippen molar-refractivity contribution < 1.29 is 19.4 Å². The Morgan fingerprint density at radius 2 is 1.95 bits per heavy atom. The lowest BCUT2D eigenvalue weighted by atomic mass is 9.89. The van der Waals surface area contributed by atoms with Crippen molar-refractivity contribution in [1.82, 2.24) is 0 Å². The van der Waals surface area contributed by atoms with E-state index in [9.17, 15) is 9.90 Å². The van der Waals surface area contributed by atoms with Crippen LogP contribution in [0.4, 0.5) is 0 Å². The molecule has 1 unspecified atom stereocenters. The second-order valence-corrected chi connectivity index (χ2v) is 4.50. The predicted octanol–water partition coefficient (Wildman–Crippen LogP) is 2.41. The molecule has 4 heteroatoms. The molecule has 0 saturated heterocycles. The number of ether oxygens (including phenoxy) is 2. The molecule has 1 aromatic carbocycles. The predicted molar refractivity (Wildman–Crippen MR) is 73.0 cm³/mol. The molecule has 0 aliphatic carbocycles. The summed E-state index contributed by atoms with van der Waals surface area (Å²) >= 11 is 0. The number of methoxy groups -OCH3 is 1. The molecule has 19 heavy (non-hydrogen) atoms. The van der Waals surface area contributed by atoms with Gasteiger partial charge in [0.15, 0.2) is 0 Å². The Labute approximate surface area is 113 Å². The Kier molecular flexibility index (Phi) is 5.12. The minimum absolute atomic E-state index is 0.123. The van der Waals surface area contributed by atoms with Gasteiger partial charge in [0, 0.05) is 12.0 Å². The van der Waals surface area contributed by atoms with Gasteiger partial charge < -0.3 is 14.6 Å². The van der Waals surface area contributed by atoms with E-state index < -0.39 is 11.6 Å². The van der Waals surface area contributed by atoms with Gasteiger partial charge >= 0.3 is 5.97 Å². The summed E-state index contributed by atoms with van der Waals surface area (Å²) in [6.07, 6.45) is 0.123. The van der Waals surface area contributed by atoms with Crippen LogP contribution in [0, 0.1) is 0 Å². The summed E-state index contributed by atoms with van der Waals surface area (Å²) in [4.78, 5) is 11.5. The largest absolute Gasteiger partial charge is 0.497 e. The number of hydrogen-bond acceptors (Lipinski definition) is 4. The Balaban J connectivity index is 2.79. The average Bonchev–Trinajstić information content (AvgIpc) is 2.38. The fraction of sp³-hybridized carbons (Fsp3) is 0.400. The van der Waals surface area contributed by atoms with Crippen LogP contribution in [0.3, 0.4) is 0 Å². The summed E-state index contributed by atoms with van der Waals surface area (Å²) in [7, 11) is 1.58. The molecule has 0 heterocycles. The molecule has 4 nitrogen and oxygen atoms in total. The molecule has 0 radical (unpaired) electrons. The summed E-state index contributed by atoms with van der Waals surface area (Å²) in [6.45, 7) is 7.32. The molecule has 104 valence electrons. The van der Waals surface area contributed by atoms with Crippen LogP contribution in [0.15, 0.2) is 36.4 Å². The molecular weight excluding hydrogens is 244 g/mol. The number of esters is 1. The number of hydrogen-bond donors (Lipinski definition) is 1. The van der Waals surface area contributed by atoms with Crippen LogP contribution in [-0.4, -0.2) is 24.8 Å². The molecule has 0 saturated carbocycles. The van der Waals surface area contributed by atoms with Gasteiger partial charge in [-0.1, -0.05) is 18.7 Å². The van der Waals surface area contributed by atoms with Gasteiger partial charge in [0.25, 0.3) is 0 Å². The van der Waals surface area contributed by atoms with Crippen LogP contribution >= 0.6 is 0 Å². The standard InChI is InChI=1S/C15H20O4/c1-5-19-14(16)11(2)10-15(3,17)12-6-8-13(18-4)9-7-12/h6-9,17H,2,5,10H2,1,3-4H3. The fourth-order valence-corrected chi connectivity index (χ4v) is 1.77. The van der Waals surface area contributed by atoms with E-state index >= 15 is 0 Å². The van der Waals surface area contributed by atoms with E-state index in [4.69, 9.17) is 9.47 Å². The number of carbonyl (C=O) groups is 1. The Morgan fingerprint density at radius 1 is 1.37 bits per heavy atom. The summed E-state index contributed by atoms with van der Waals surface area (Å²) < 4.78 is 9.91. The number of aliphatic hydroxyl groups is 1. The van der Waals surface area contributed by atoms with Crippen LogP contribution in [0.5, 0.6) is 5.75 Å². The third-order valence-electron chi connectivity index (χ3n) is 2.83. The minimum atomic E-state index is -1.17. The molecule has 0 aliphatic heterocycles. The zero-order valence-electron chi connectivity index (χ0n) is 11.6. The summed E-state index contributed by atoms with van der Waals surface area (Å²) in [6, 6.07) is 7.04. The van der Waals surface area contributed by atoms with Crippen LogP contribution in [-0.2, 0) is 15.1 Å². The van der Waals surface area contributed by atoms with Crippen LogP contribution in [0.25, 0.3) is 0 Å². The number of rotatable bonds is 6. The lowest BCUT2D eigenvalue weighted by Gasteiger charge is -2.24. The quantitative estimate of drug-likeness (QED) is 0.633. The van der Waals surface area contributed by atoms with E-state index in [1.807, 2.05) is 0 Å². The van der Waals surface area contributed by atoms with E-state index in [2.05, 4.69) is 6.58 Å². The van der Waals surface area contributed by atoms with Crippen molar-refractivity contribution in [3.63, 3.8) is 0 Å². The van der Waals surface area contributed by atoms with Crippen molar-refractivity contribution in [3.8, 4) is 5.75 Å². The third kappa shape index (κ3) is 4.10. The van der Waals surface area contributed by atoms with E-state index in [0.29, 0.717) is 17.9 Å². The van der Waals surface area contributed by atoms with Crippen molar-refractivity contribution in [1.29, 1.82) is 0 Å². The lowest BCUT2D eigenvalue weighted by Crippen LogP contribution is -2.24. The second kappa shape index (κ2) is 6.38. The first-order chi connectivity index (χ1) is 8.90. The highest BCUT2D eigenvalue weighted by Gasteiger charge is 2.26. The van der Waals surface area contributed by atoms with Crippen molar-refractivity contribution >= 4 is 5.97 Å². The van der Waals surface area contributed by atoms with Crippen molar-refractivity contribution in [2.75, 3.05) is 13.7 Å². The second-order valence-electron chi connectivity index (χ2n) is 4.50. The van der Waals surface area contributed by atoms with E-state index in [1.165, 1.54) is 0 Å². The molecule has 0 aromatic heterocycles. The molecule has 0 fully saturated rings. The zero-order valence-corrected chi connectivity index (χ0v) is 11.6. The van der Waals surface area contributed by atoms with Crippen LogP contribution < -0.4 is 4.74 Å².